The van der Waals surface area contributed by atoms with Crippen LogP contribution in [0.3, 0.4) is 0 Å². The minimum Gasteiger partial charge on any atom is -0.466 e. The Morgan fingerprint density at radius 2 is 2.00 bits per heavy atom. The number of esters is 1. The second kappa shape index (κ2) is 9.18. The molecule has 3 heteroatoms. The van der Waals surface area contributed by atoms with Crippen molar-refractivity contribution in [2.24, 2.45) is 11.8 Å². The SMILES string of the molecule is CCOC(=O)C1CC(N(CC2=CC=CCC2)Cc2ccccc2)CC1C. The second-order valence-corrected chi connectivity index (χ2v) is 7.64. The minimum atomic E-state index is -0.0121. The Labute approximate surface area is 157 Å². The lowest BCUT2D eigenvalue weighted by molar-refractivity contribution is -0.149. The van der Waals surface area contributed by atoms with Gasteiger partial charge in [-0.3, -0.25) is 9.69 Å². The molecule has 0 aliphatic heterocycles. The number of benzene rings is 1. The molecule has 3 rings (SSSR count). The summed E-state index contributed by atoms with van der Waals surface area (Å²) in [4.78, 5) is 14.9. The molecule has 140 valence electrons. The Morgan fingerprint density at radius 1 is 1.19 bits per heavy atom. The van der Waals surface area contributed by atoms with E-state index in [0.717, 1.165) is 38.8 Å². The third-order valence-electron chi connectivity index (χ3n) is 5.70. The average Bonchev–Trinajstić information content (AvgIpc) is 3.05. The van der Waals surface area contributed by atoms with Gasteiger partial charge in [0.15, 0.2) is 0 Å². The molecular formula is C23H31NO2. The molecule has 0 aromatic heterocycles. The van der Waals surface area contributed by atoms with Crippen LogP contribution in [0.4, 0.5) is 0 Å². The summed E-state index contributed by atoms with van der Waals surface area (Å²) in [6.45, 7) is 6.49. The lowest BCUT2D eigenvalue weighted by Gasteiger charge is -2.30. The van der Waals surface area contributed by atoms with Crippen LogP contribution in [0.5, 0.6) is 0 Å². The van der Waals surface area contributed by atoms with Crippen molar-refractivity contribution >= 4 is 5.97 Å². The normalized spacial score (nSPS) is 25.3. The molecule has 0 bridgehead atoms. The molecular weight excluding hydrogens is 322 g/mol. The van der Waals surface area contributed by atoms with E-state index in [1.54, 1.807) is 0 Å². The van der Waals surface area contributed by atoms with Gasteiger partial charge in [-0.05, 0) is 44.1 Å². The summed E-state index contributed by atoms with van der Waals surface area (Å²) in [6.07, 6.45) is 10.9. The lowest BCUT2D eigenvalue weighted by atomic mass is 9.99. The first-order chi connectivity index (χ1) is 12.7. The molecule has 0 saturated heterocycles. The van der Waals surface area contributed by atoms with E-state index in [1.807, 2.05) is 6.92 Å². The molecule has 0 heterocycles. The summed E-state index contributed by atoms with van der Waals surface area (Å²) in [5.41, 5.74) is 2.84. The van der Waals surface area contributed by atoms with Crippen LogP contribution in [0.1, 0.15) is 45.1 Å². The monoisotopic (exact) mass is 353 g/mol. The Hall–Kier alpha value is -1.87. The van der Waals surface area contributed by atoms with Crippen molar-refractivity contribution in [2.75, 3.05) is 13.2 Å². The van der Waals surface area contributed by atoms with E-state index in [2.05, 4.69) is 60.4 Å². The molecule has 0 spiro atoms. The number of hydrogen-bond acceptors (Lipinski definition) is 3. The van der Waals surface area contributed by atoms with E-state index in [4.69, 9.17) is 4.74 Å². The summed E-state index contributed by atoms with van der Waals surface area (Å²) < 4.78 is 5.31. The summed E-state index contributed by atoms with van der Waals surface area (Å²) in [6, 6.07) is 11.1. The van der Waals surface area contributed by atoms with E-state index in [9.17, 15) is 4.79 Å². The fourth-order valence-electron chi connectivity index (χ4n) is 4.27. The molecule has 1 saturated carbocycles. The Morgan fingerprint density at radius 3 is 2.69 bits per heavy atom. The van der Waals surface area contributed by atoms with Crippen LogP contribution in [-0.4, -0.2) is 30.1 Å². The van der Waals surface area contributed by atoms with Gasteiger partial charge in [-0.1, -0.05) is 61.1 Å². The fraction of sp³-hybridized carbons (Fsp3) is 0.522. The van der Waals surface area contributed by atoms with Gasteiger partial charge in [-0.2, -0.15) is 0 Å². The first kappa shape index (κ1) is 18.9. The van der Waals surface area contributed by atoms with E-state index in [-0.39, 0.29) is 11.9 Å². The van der Waals surface area contributed by atoms with Gasteiger partial charge in [0.1, 0.15) is 0 Å². The molecule has 0 radical (unpaired) electrons. The van der Waals surface area contributed by atoms with E-state index < -0.39 is 0 Å². The number of carbonyl (C=O) groups is 1. The van der Waals surface area contributed by atoms with Crippen LogP contribution >= 0.6 is 0 Å². The smallest absolute Gasteiger partial charge is 0.309 e. The highest BCUT2D eigenvalue weighted by atomic mass is 16.5. The van der Waals surface area contributed by atoms with Crippen LogP contribution in [0.25, 0.3) is 0 Å². The number of allylic oxidation sites excluding steroid dienone is 3. The number of hydrogen-bond donors (Lipinski definition) is 0. The van der Waals surface area contributed by atoms with Gasteiger partial charge >= 0.3 is 5.97 Å². The third-order valence-corrected chi connectivity index (χ3v) is 5.70. The van der Waals surface area contributed by atoms with Crippen LogP contribution in [0, 0.1) is 11.8 Å². The maximum Gasteiger partial charge on any atom is 0.309 e. The van der Waals surface area contributed by atoms with Crippen LogP contribution in [0.2, 0.25) is 0 Å². The molecule has 0 amide bonds. The highest BCUT2D eigenvalue weighted by Crippen LogP contribution is 2.36. The maximum atomic E-state index is 12.3. The van der Waals surface area contributed by atoms with Crippen molar-refractivity contribution in [1.29, 1.82) is 0 Å². The van der Waals surface area contributed by atoms with Gasteiger partial charge in [0.25, 0.3) is 0 Å². The van der Waals surface area contributed by atoms with Crippen molar-refractivity contribution < 1.29 is 9.53 Å². The highest BCUT2D eigenvalue weighted by Gasteiger charge is 2.39. The molecule has 0 N–H and O–H groups in total. The zero-order valence-electron chi connectivity index (χ0n) is 16.1. The Kier molecular flexibility index (Phi) is 6.67. The molecule has 3 nitrogen and oxygen atoms in total. The van der Waals surface area contributed by atoms with Crippen molar-refractivity contribution in [3.63, 3.8) is 0 Å². The molecule has 1 aromatic rings. The largest absolute Gasteiger partial charge is 0.466 e. The number of carbonyl (C=O) groups excluding carboxylic acids is 1. The van der Waals surface area contributed by atoms with E-state index in [1.165, 1.54) is 11.1 Å². The van der Waals surface area contributed by atoms with Crippen LogP contribution < -0.4 is 0 Å². The third kappa shape index (κ3) is 4.85. The summed E-state index contributed by atoms with van der Waals surface area (Å²) >= 11 is 0. The predicted octanol–water partition coefficient (Wildman–Crippen LogP) is 4.74. The Bertz CT molecular complexity index is 649. The quantitative estimate of drug-likeness (QED) is 0.663. The standard InChI is InChI=1S/C23H31NO2/c1-3-26-23(25)22-15-21(14-18(22)2)24(16-19-10-6-4-7-11-19)17-20-12-8-5-9-13-20/h4-8,10-12,18,21-22H,3,9,13-17H2,1-2H3. The molecule has 1 aromatic carbocycles. The van der Waals surface area contributed by atoms with Gasteiger partial charge in [0, 0.05) is 19.1 Å². The highest BCUT2D eigenvalue weighted by molar-refractivity contribution is 5.73. The number of nitrogens with zero attached hydrogens (tertiary/aromatic N) is 1. The van der Waals surface area contributed by atoms with Gasteiger partial charge in [-0.15, -0.1) is 0 Å². The summed E-state index contributed by atoms with van der Waals surface area (Å²) in [5, 5.41) is 0. The second-order valence-electron chi connectivity index (χ2n) is 7.64. The van der Waals surface area contributed by atoms with Gasteiger partial charge < -0.3 is 4.74 Å². The van der Waals surface area contributed by atoms with Gasteiger partial charge in [0.2, 0.25) is 0 Å². The average molecular weight is 354 g/mol. The fourth-order valence-corrected chi connectivity index (χ4v) is 4.27. The zero-order valence-corrected chi connectivity index (χ0v) is 16.1. The molecule has 2 aliphatic carbocycles. The van der Waals surface area contributed by atoms with E-state index >= 15 is 0 Å². The molecule has 3 unspecified atom stereocenters. The summed E-state index contributed by atoms with van der Waals surface area (Å²) in [5.74, 6) is 0.415. The first-order valence-electron chi connectivity index (χ1n) is 9.96. The molecule has 1 fully saturated rings. The zero-order chi connectivity index (χ0) is 18.4. The Balaban J connectivity index is 1.73. The molecule has 2 aliphatic rings. The first-order valence-corrected chi connectivity index (χ1v) is 9.96. The van der Waals surface area contributed by atoms with E-state index in [0.29, 0.717) is 18.6 Å². The maximum absolute atomic E-state index is 12.3. The van der Waals surface area contributed by atoms with Gasteiger partial charge in [0.05, 0.1) is 12.5 Å². The molecule has 3 atom stereocenters. The van der Waals surface area contributed by atoms with Crippen LogP contribution in [-0.2, 0) is 16.1 Å². The van der Waals surface area contributed by atoms with Gasteiger partial charge in [-0.25, -0.2) is 0 Å². The van der Waals surface area contributed by atoms with Crippen molar-refractivity contribution in [3.05, 3.63) is 59.7 Å². The van der Waals surface area contributed by atoms with Crippen molar-refractivity contribution in [2.45, 2.75) is 52.1 Å². The molecule has 26 heavy (non-hydrogen) atoms. The lowest BCUT2D eigenvalue weighted by Crippen LogP contribution is -2.35. The van der Waals surface area contributed by atoms with Crippen molar-refractivity contribution in [1.82, 2.24) is 4.90 Å². The van der Waals surface area contributed by atoms with Crippen LogP contribution in [0.15, 0.2) is 54.1 Å². The number of ether oxygens (including phenoxy) is 1. The minimum absolute atomic E-state index is 0.0121. The summed E-state index contributed by atoms with van der Waals surface area (Å²) in [7, 11) is 0. The number of rotatable bonds is 7. The van der Waals surface area contributed by atoms with Crippen molar-refractivity contribution in [3.8, 4) is 0 Å². The predicted molar refractivity (Wildman–Crippen MR) is 106 cm³/mol. The topological polar surface area (TPSA) is 29.5 Å².